The Morgan fingerprint density at radius 3 is 2.72 bits per heavy atom. The fraction of sp³-hybridized carbons (Fsp3) is 0.636. The molecule has 0 aromatic carbocycles. The van der Waals surface area contributed by atoms with Crippen LogP contribution in [0, 0.1) is 10.1 Å². The molecule has 3 heterocycles. The van der Waals surface area contributed by atoms with Crippen molar-refractivity contribution < 1.29 is 35.4 Å². The van der Waals surface area contributed by atoms with Gasteiger partial charge < -0.3 is 25.2 Å². The lowest BCUT2D eigenvalue weighted by Gasteiger charge is -2.40. The van der Waals surface area contributed by atoms with Gasteiger partial charge in [0, 0.05) is 0 Å². The summed E-state index contributed by atoms with van der Waals surface area (Å²) in [5, 5.41) is 60.9. The Morgan fingerprint density at radius 2 is 2.20 bits per heavy atom. The van der Waals surface area contributed by atoms with Gasteiger partial charge in [-0.2, -0.15) is 0 Å². The summed E-state index contributed by atoms with van der Waals surface area (Å²) in [6.07, 6.45) is -2.07. The predicted molar refractivity (Wildman–Crippen MR) is 77.8 cm³/mol. The van der Waals surface area contributed by atoms with Crippen LogP contribution >= 0.6 is 0 Å². The summed E-state index contributed by atoms with van der Waals surface area (Å²) in [5.41, 5.74) is -0.932. The summed E-state index contributed by atoms with van der Waals surface area (Å²) in [5.74, 6) is -3.21. The molecular weight excluding hydrogens is 344 g/mol. The number of nitro groups is 1. The van der Waals surface area contributed by atoms with Crippen molar-refractivity contribution in [3.63, 3.8) is 0 Å². The first-order valence-electron chi connectivity index (χ1n) is 7.05. The average molecular weight is 360 g/mol. The molecule has 0 unspecified atom stereocenters. The molecule has 1 aromatic rings. The smallest absolute Gasteiger partial charge is 0.285 e. The minimum absolute atomic E-state index is 0.239. The first-order chi connectivity index (χ1) is 11.7. The van der Waals surface area contributed by atoms with E-state index in [-0.39, 0.29) is 17.3 Å². The van der Waals surface area contributed by atoms with Crippen molar-refractivity contribution in [1.29, 1.82) is 0 Å². The lowest BCUT2D eigenvalue weighted by molar-refractivity contribution is -0.494. The highest BCUT2D eigenvalue weighted by Crippen LogP contribution is 2.48. The van der Waals surface area contributed by atoms with Gasteiger partial charge in [0.2, 0.25) is 0 Å². The second-order valence-electron chi connectivity index (χ2n) is 5.75. The van der Waals surface area contributed by atoms with Crippen LogP contribution in [0.15, 0.2) is 6.33 Å². The number of hydrazine groups is 1. The lowest BCUT2D eigenvalue weighted by atomic mass is 9.94. The molecule has 14 nitrogen and oxygen atoms in total. The lowest BCUT2D eigenvalue weighted by Crippen LogP contribution is -2.65. The van der Waals surface area contributed by atoms with Gasteiger partial charge in [-0.15, -0.1) is 0 Å². The molecular formula is C11H16N6O8. The Balaban J connectivity index is 2.13. The number of nitrogens with one attached hydrogen (secondary N) is 1. The molecule has 1 saturated heterocycles. The monoisotopic (exact) mass is 360 g/mol. The van der Waals surface area contributed by atoms with Gasteiger partial charge in [0.1, 0.15) is 18.5 Å². The maximum atomic E-state index is 11.3. The molecule has 6 N–H and O–H groups in total. The fourth-order valence-corrected chi connectivity index (χ4v) is 2.95. The standard InChI is InChI=1S/C11H16N6O8/c1-10(20)7(19)5(2-18)25-11(10,21)15-4-16(17(23)24)6-8(14-22)12-3-13-9(6)15/h3,5,7,18-22H,2,4H2,1H3,(H,12,13,14)/t5-,7-,10-,11-/m1/s1. The first kappa shape index (κ1) is 17.5. The highest BCUT2D eigenvalue weighted by molar-refractivity contribution is 5.81. The third kappa shape index (κ3) is 2.20. The van der Waals surface area contributed by atoms with Gasteiger partial charge in [-0.1, -0.05) is 5.01 Å². The summed E-state index contributed by atoms with van der Waals surface area (Å²) in [6, 6.07) is 0. The van der Waals surface area contributed by atoms with Gasteiger partial charge in [-0.25, -0.2) is 20.1 Å². The van der Waals surface area contributed by atoms with E-state index in [1.54, 1.807) is 5.48 Å². The van der Waals surface area contributed by atoms with Crippen molar-refractivity contribution in [3.8, 4) is 0 Å². The quantitative estimate of drug-likeness (QED) is 0.238. The van der Waals surface area contributed by atoms with Crippen molar-refractivity contribution in [2.45, 2.75) is 30.6 Å². The second kappa shape index (κ2) is 5.58. The number of ether oxygens (including phenoxy) is 1. The Hall–Kier alpha value is -2.36. The van der Waals surface area contributed by atoms with Crippen molar-refractivity contribution in [3.05, 3.63) is 16.4 Å². The largest absolute Gasteiger partial charge is 0.394 e. The van der Waals surface area contributed by atoms with Gasteiger partial charge in [-0.05, 0) is 6.92 Å². The minimum Gasteiger partial charge on any atom is -0.394 e. The van der Waals surface area contributed by atoms with Crippen LogP contribution in [0.5, 0.6) is 0 Å². The maximum absolute atomic E-state index is 11.3. The number of fused-ring (bicyclic) bond motifs is 1. The van der Waals surface area contributed by atoms with Gasteiger partial charge in [0.15, 0.2) is 34.6 Å². The molecule has 0 radical (unpaired) electrons. The van der Waals surface area contributed by atoms with E-state index in [0.29, 0.717) is 5.01 Å². The molecule has 0 saturated carbocycles. The summed E-state index contributed by atoms with van der Waals surface area (Å²) in [6.45, 7) is -0.312. The number of hydrogen-bond donors (Lipinski definition) is 6. The van der Waals surface area contributed by atoms with Crippen LogP contribution in [0.4, 0.5) is 17.3 Å². The Kier molecular flexibility index (Phi) is 3.90. The van der Waals surface area contributed by atoms with E-state index in [9.17, 15) is 30.5 Å². The van der Waals surface area contributed by atoms with Crippen LogP contribution in [0.1, 0.15) is 6.92 Å². The highest BCUT2D eigenvalue weighted by Gasteiger charge is 2.67. The highest BCUT2D eigenvalue weighted by atomic mass is 16.7. The van der Waals surface area contributed by atoms with E-state index in [2.05, 4.69) is 9.97 Å². The molecule has 1 fully saturated rings. The number of nitrogens with zero attached hydrogens (tertiary/aromatic N) is 5. The van der Waals surface area contributed by atoms with E-state index in [1.165, 1.54) is 0 Å². The average Bonchev–Trinajstić information content (AvgIpc) is 3.05. The third-order valence-corrected chi connectivity index (χ3v) is 4.34. The number of anilines is 3. The van der Waals surface area contributed by atoms with E-state index < -0.39 is 42.0 Å². The number of aliphatic hydroxyl groups excluding tert-OH is 2. The molecule has 0 bridgehead atoms. The van der Waals surface area contributed by atoms with Crippen LogP contribution in [-0.2, 0) is 4.74 Å². The molecule has 25 heavy (non-hydrogen) atoms. The number of aromatic nitrogens is 2. The van der Waals surface area contributed by atoms with Crippen LogP contribution in [0.2, 0.25) is 0 Å². The number of rotatable bonds is 4. The van der Waals surface area contributed by atoms with Gasteiger partial charge >= 0.3 is 0 Å². The normalized spacial score (nSPS) is 34.3. The van der Waals surface area contributed by atoms with Gasteiger partial charge in [0.25, 0.3) is 5.91 Å². The SMILES string of the molecule is C[C@@]1(O)[C@H](O)[C@@H](CO)O[C@@]1(O)N1CN([N+](=O)[O-])c2c(NO)ncnc21. The Morgan fingerprint density at radius 1 is 1.52 bits per heavy atom. The molecule has 4 atom stereocenters. The summed E-state index contributed by atoms with van der Waals surface area (Å²) in [4.78, 5) is 19.6. The summed E-state index contributed by atoms with van der Waals surface area (Å²) >= 11 is 0. The molecule has 0 spiro atoms. The molecule has 1 aromatic heterocycles. The Labute approximate surface area is 139 Å². The fourth-order valence-electron chi connectivity index (χ4n) is 2.95. The van der Waals surface area contributed by atoms with Crippen LogP contribution < -0.4 is 15.4 Å². The molecule has 2 aliphatic rings. The van der Waals surface area contributed by atoms with Crippen molar-refractivity contribution in [1.82, 2.24) is 9.97 Å². The summed E-state index contributed by atoms with van der Waals surface area (Å²) in [7, 11) is 0. The van der Waals surface area contributed by atoms with E-state index >= 15 is 0 Å². The van der Waals surface area contributed by atoms with Crippen molar-refractivity contribution in [2.75, 3.05) is 28.7 Å². The Bertz CT molecular complexity index is 703. The molecule has 14 heteroatoms. The van der Waals surface area contributed by atoms with Crippen LogP contribution in [0.3, 0.4) is 0 Å². The zero-order valence-corrected chi connectivity index (χ0v) is 12.8. The van der Waals surface area contributed by atoms with Gasteiger partial charge in [-0.3, -0.25) is 15.6 Å². The van der Waals surface area contributed by atoms with E-state index in [0.717, 1.165) is 18.2 Å². The molecule has 0 amide bonds. The molecule has 3 rings (SSSR count). The van der Waals surface area contributed by atoms with Crippen molar-refractivity contribution >= 4 is 17.3 Å². The third-order valence-electron chi connectivity index (χ3n) is 4.34. The van der Waals surface area contributed by atoms with E-state index in [1.807, 2.05) is 0 Å². The topological polar surface area (TPSA) is 198 Å². The van der Waals surface area contributed by atoms with Gasteiger partial charge in [0.05, 0.1) is 6.61 Å². The molecule has 2 aliphatic heterocycles. The molecule has 138 valence electrons. The van der Waals surface area contributed by atoms with E-state index in [4.69, 9.17) is 9.94 Å². The maximum Gasteiger partial charge on any atom is 0.285 e. The van der Waals surface area contributed by atoms with Crippen LogP contribution in [-0.4, -0.2) is 77.6 Å². The van der Waals surface area contributed by atoms with Crippen LogP contribution in [0.25, 0.3) is 0 Å². The summed E-state index contributed by atoms with van der Waals surface area (Å²) < 4.78 is 5.21. The number of hydrogen-bond acceptors (Lipinski definition) is 12. The first-order valence-corrected chi connectivity index (χ1v) is 7.05. The molecule has 0 aliphatic carbocycles. The van der Waals surface area contributed by atoms with Crippen molar-refractivity contribution in [2.24, 2.45) is 0 Å². The zero-order valence-electron chi connectivity index (χ0n) is 12.8. The zero-order chi connectivity index (χ0) is 18.6. The number of aliphatic hydroxyl groups is 4. The minimum atomic E-state index is -2.65. The second-order valence-corrected chi connectivity index (χ2v) is 5.75. The predicted octanol–water partition coefficient (Wildman–Crippen LogP) is -2.80.